The summed E-state index contributed by atoms with van der Waals surface area (Å²) in [5, 5.41) is 9.64. The highest BCUT2D eigenvalue weighted by molar-refractivity contribution is 7.13. The van der Waals surface area contributed by atoms with Crippen LogP contribution in [0.3, 0.4) is 0 Å². The zero-order chi connectivity index (χ0) is 35.6. The van der Waals surface area contributed by atoms with Crippen LogP contribution in [-0.2, 0) is 37.0 Å². The van der Waals surface area contributed by atoms with Gasteiger partial charge in [0.1, 0.15) is 17.1 Å². The molecule has 2 atom stereocenters. The molecule has 13 heteroatoms. The van der Waals surface area contributed by atoms with Gasteiger partial charge in [-0.05, 0) is 61.7 Å². The minimum absolute atomic E-state index is 0.00373. The number of piperidine rings is 1. The van der Waals surface area contributed by atoms with Gasteiger partial charge in [-0.1, -0.05) is 59.8 Å². The zero-order valence-corrected chi connectivity index (χ0v) is 30.1. The summed E-state index contributed by atoms with van der Waals surface area (Å²) in [6, 6.07) is 23.9. The number of nitrogens with zero attached hydrogens (tertiary/aromatic N) is 3. The molecule has 1 fully saturated rings. The Labute approximate surface area is 301 Å². The molecule has 0 saturated carbocycles. The molecular weight excluding hydrogens is 674 g/mol. The maximum absolute atomic E-state index is 12.6. The van der Waals surface area contributed by atoms with Gasteiger partial charge in [-0.2, -0.15) is 4.98 Å². The van der Waals surface area contributed by atoms with Gasteiger partial charge in [0.05, 0.1) is 37.3 Å². The van der Waals surface area contributed by atoms with Crippen LogP contribution in [0.1, 0.15) is 50.1 Å². The van der Waals surface area contributed by atoms with E-state index in [-0.39, 0.29) is 32.0 Å². The first-order chi connectivity index (χ1) is 24.8. The lowest BCUT2D eigenvalue weighted by molar-refractivity contribution is -0.179. The van der Waals surface area contributed by atoms with E-state index in [0.29, 0.717) is 55.9 Å². The number of carbonyl (C=O) groups excluding carboxylic acids is 1. The molecule has 5 aromatic rings. The molecule has 3 heterocycles. The molecule has 0 aliphatic carbocycles. The van der Waals surface area contributed by atoms with E-state index in [9.17, 15) is 4.79 Å². The fourth-order valence-corrected chi connectivity index (χ4v) is 6.39. The zero-order valence-electron chi connectivity index (χ0n) is 29.2. The molecule has 0 bridgehead atoms. The number of thiophene rings is 1. The minimum atomic E-state index is -0.747. The molecule has 1 aliphatic rings. The lowest BCUT2D eigenvalue weighted by Gasteiger charge is -2.37. The van der Waals surface area contributed by atoms with E-state index in [0.717, 1.165) is 26.8 Å². The number of hydroxylamine groups is 2. The van der Waals surface area contributed by atoms with Crippen molar-refractivity contribution in [3.05, 3.63) is 95.2 Å². The SMILES string of the molecule is COCCOCOc1c(COC2CN(OC(=O)OC(C)(C)C)CCC2c2ccc(OCc3nc(-c4cccs4)no3)cc2)ccc2ccccc12. The van der Waals surface area contributed by atoms with Crippen LogP contribution in [0.4, 0.5) is 4.79 Å². The summed E-state index contributed by atoms with van der Waals surface area (Å²) in [4.78, 5) is 23.6. The molecule has 1 aliphatic heterocycles. The highest BCUT2D eigenvalue weighted by atomic mass is 32.1. The molecule has 3 aromatic carbocycles. The summed E-state index contributed by atoms with van der Waals surface area (Å²) in [6.07, 6.45) is -0.404. The Morgan fingerprint density at radius 1 is 0.980 bits per heavy atom. The van der Waals surface area contributed by atoms with E-state index in [1.165, 1.54) is 0 Å². The fraction of sp³-hybridized carbons (Fsp3) is 0.395. The van der Waals surface area contributed by atoms with Crippen molar-refractivity contribution in [1.82, 2.24) is 15.2 Å². The molecule has 0 amide bonds. The maximum atomic E-state index is 12.6. The molecule has 0 N–H and O–H groups in total. The van der Waals surface area contributed by atoms with Gasteiger partial charge in [-0.15, -0.1) is 16.4 Å². The Balaban J connectivity index is 1.16. The van der Waals surface area contributed by atoms with Gasteiger partial charge in [0.25, 0.3) is 5.89 Å². The topological polar surface area (TPSA) is 124 Å². The predicted molar refractivity (Wildman–Crippen MR) is 190 cm³/mol. The van der Waals surface area contributed by atoms with E-state index in [2.05, 4.69) is 16.2 Å². The third kappa shape index (κ3) is 10.0. The second kappa shape index (κ2) is 17.1. The number of fused-ring (bicyclic) bond motifs is 1. The van der Waals surface area contributed by atoms with E-state index >= 15 is 0 Å². The Morgan fingerprint density at radius 2 is 1.82 bits per heavy atom. The standard InChI is InChI=1S/C38H43N3O9S/c1-38(2,3)48-37(42)50-41-18-17-30(27-13-15-29(16-14-27)45-24-34-39-36(40-49-34)33-10-7-21-51-33)32(22-41)46-23-28-12-11-26-8-5-6-9-31(26)35(28)47-25-44-20-19-43-4/h5-16,21,30,32H,17-20,22-25H2,1-4H3. The van der Waals surface area contributed by atoms with Crippen LogP contribution < -0.4 is 9.47 Å². The van der Waals surface area contributed by atoms with Crippen molar-refractivity contribution in [3.8, 4) is 22.2 Å². The molecule has 2 unspecified atom stereocenters. The van der Waals surface area contributed by atoms with Crippen LogP contribution >= 0.6 is 11.3 Å². The summed E-state index contributed by atoms with van der Waals surface area (Å²) in [6.45, 7) is 7.64. The van der Waals surface area contributed by atoms with E-state index in [4.69, 9.17) is 37.8 Å². The average molecular weight is 718 g/mol. The number of methoxy groups -OCH3 is 1. The Kier molecular flexibility index (Phi) is 12.2. The summed E-state index contributed by atoms with van der Waals surface area (Å²) in [5.74, 6) is 2.31. The second-order valence-corrected chi connectivity index (χ2v) is 13.9. The molecule has 0 spiro atoms. The number of hydrogen-bond donors (Lipinski definition) is 0. The first-order valence-corrected chi connectivity index (χ1v) is 17.7. The smallest absolute Gasteiger partial charge is 0.484 e. The fourth-order valence-electron chi connectivity index (χ4n) is 5.74. The molecule has 51 heavy (non-hydrogen) atoms. The van der Waals surface area contributed by atoms with Crippen molar-refractivity contribution in [2.45, 2.75) is 58.0 Å². The van der Waals surface area contributed by atoms with Gasteiger partial charge in [0.15, 0.2) is 13.4 Å². The van der Waals surface area contributed by atoms with Gasteiger partial charge in [0, 0.05) is 30.5 Å². The van der Waals surface area contributed by atoms with E-state index in [1.807, 2.05) is 72.1 Å². The highest BCUT2D eigenvalue weighted by Gasteiger charge is 2.34. The third-order valence-electron chi connectivity index (χ3n) is 8.13. The molecule has 2 aromatic heterocycles. The number of carbonyl (C=O) groups is 1. The number of rotatable bonds is 15. The lowest BCUT2D eigenvalue weighted by atomic mass is 9.87. The normalized spacial score (nSPS) is 16.6. The van der Waals surface area contributed by atoms with Crippen LogP contribution in [0.2, 0.25) is 0 Å². The number of ether oxygens (including phenoxy) is 6. The van der Waals surface area contributed by atoms with Gasteiger partial charge in [-0.25, -0.2) is 4.79 Å². The Hall–Kier alpha value is -4.53. The minimum Gasteiger partial charge on any atom is -0.484 e. The quantitative estimate of drug-likeness (QED) is 0.0597. The maximum Gasteiger partial charge on any atom is 0.528 e. The Bertz CT molecular complexity index is 1840. The van der Waals surface area contributed by atoms with Crippen molar-refractivity contribution in [2.75, 3.05) is 40.2 Å². The van der Waals surface area contributed by atoms with Crippen LogP contribution in [0.15, 0.2) is 82.7 Å². The highest BCUT2D eigenvalue weighted by Crippen LogP contribution is 2.35. The van der Waals surface area contributed by atoms with Crippen LogP contribution in [0.25, 0.3) is 21.5 Å². The predicted octanol–water partition coefficient (Wildman–Crippen LogP) is 7.77. The first-order valence-electron chi connectivity index (χ1n) is 16.8. The molecule has 6 rings (SSSR count). The van der Waals surface area contributed by atoms with Crippen molar-refractivity contribution in [3.63, 3.8) is 0 Å². The Morgan fingerprint density at radius 3 is 2.61 bits per heavy atom. The summed E-state index contributed by atoms with van der Waals surface area (Å²) >= 11 is 1.55. The first kappa shape index (κ1) is 36.3. The van der Waals surface area contributed by atoms with Gasteiger partial charge < -0.3 is 37.8 Å². The lowest BCUT2D eigenvalue weighted by Crippen LogP contribution is -2.45. The van der Waals surface area contributed by atoms with Gasteiger partial charge >= 0.3 is 6.16 Å². The van der Waals surface area contributed by atoms with Crippen LogP contribution in [0, 0.1) is 0 Å². The molecular formula is C38H43N3O9S. The third-order valence-corrected chi connectivity index (χ3v) is 8.99. The summed E-state index contributed by atoms with van der Waals surface area (Å²) < 4.78 is 40.3. The van der Waals surface area contributed by atoms with Gasteiger partial charge in [0.2, 0.25) is 5.82 Å². The summed E-state index contributed by atoms with van der Waals surface area (Å²) in [7, 11) is 1.63. The average Bonchev–Trinajstić information content (AvgIpc) is 3.83. The van der Waals surface area contributed by atoms with Crippen molar-refractivity contribution >= 4 is 28.3 Å². The van der Waals surface area contributed by atoms with Crippen molar-refractivity contribution in [2.24, 2.45) is 0 Å². The molecule has 12 nitrogen and oxygen atoms in total. The van der Waals surface area contributed by atoms with Crippen molar-refractivity contribution < 1.29 is 42.6 Å². The molecule has 270 valence electrons. The molecule has 0 radical (unpaired) electrons. The van der Waals surface area contributed by atoms with Crippen molar-refractivity contribution in [1.29, 1.82) is 0 Å². The van der Waals surface area contributed by atoms with Crippen LogP contribution in [-0.4, -0.2) is 73.3 Å². The largest absolute Gasteiger partial charge is 0.528 e. The number of hydrogen-bond acceptors (Lipinski definition) is 13. The second-order valence-electron chi connectivity index (χ2n) is 13.0. The number of aromatic nitrogens is 2. The van der Waals surface area contributed by atoms with Gasteiger partial charge in [-0.3, -0.25) is 0 Å². The molecule has 1 saturated heterocycles. The summed E-state index contributed by atoms with van der Waals surface area (Å²) in [5.41, 5.74) is 1.27. The van der Waals surface area contributed by atoms with Crippen LogP contribution in [0.5, 0.6) is 11.5 Å². The van der Waals surface area contributed by atoms with E-state index < -0.39 is 11.8 Å². The number of benzene rings is 3. The van der Waals surface area contributed by atoms with E-state index in [1.54, 1.807) is 44.3 Å². The monoisotopic (exact) mass is 717 g/mol.